The number of hydrogen-bond donors (Lipinski definition) is 0. The lowest BCUT2D eigenvalue weighted by Crippen LogP contribution is -2.30. The van der Waals surface area contributed by atoms with Crippen LogP contribution in [-0.2, 0) is 0 Å². The third-order valence-corrected chi connectivity index (χ3v) is 3.29. The molecule has 0 saturated carbocycles. The second-order valence-electron chi connectivity index (χ2n) is 4.56. The van der Waals surface area contributed by atoms with Crippen LogP contribution in [0.15, 0.2) is 9.21 Å². The minimum Gasteiger partial charge on any atom is -0.491 e. The van der Waals surface area contributed by atoms with Crippen LogP contribution < -0.4 is 25.7 Å². The maximum Gasteiger partial charge on any atom is 0.231 e. The molecule has 0 amide bonds. The van der Waals surface area contributed by atoms with Crippen LogP contribution in [-0.4, -0.2) is 19.2 Å². The highest BCUT2D eigenvalue weighted by molar-refractivity contribution is 5.71. The van der Waals surface area contributed by atoms with E-state index in [-0.39, 0.29) is 11.2 Å². The molecule has 0 fully saturated rings. The van der Waals surface area contributed by atoms with Gasteiger partial charge in [0.1, 0.15) is 10.8 Å². The van der Waals surface area contributed by atoms with Crippen molar-refractivity contribution < 1.29 is 13.9 Å². The molecule has 112 valence electrons. The fourth-order valence-electron chi connectivity index (χ4n) is 2.24. The average molecular weight is 289 g/mol. The topological polar surface area (TPSA) is 61.6 Å². The van der Waals surface area contributed by atoms with Crippen molar-refractivity contribution in [3.63, 3.8) is 0 Å². The van der Waals surface area contributed by atoms with Crippen LogP contribution in [0.2, 0.25) is 0 Å². The number of benzene rings is 1. The normalized spacial score (nSPS) is 13.0. The largest absolute Gasteiger partial charge is 0.491 e. The van der Waals surface area contributed by atoms with Gasteiger partial charge in [0.15, 0.2) is 17.2 Å². The van der Waals surface area contributed by atoms with E-state index < -0.39 is 0 Å². The molecule has 1 aliphatic carbocycles. The maximum absolute atomic E-state index is 12.3. The zero-order valence-electron chi connectivity index (χ0n) is 12.9. The Hall–Kier alpha value is -2.30. The van der Waals surface area contributed by atoms with E-state index in [2.05, 4.69) is 4.98 Å². The van der Waals surface area contributed by atoms with Gasteiger partial charge < -0.3 is 13.9 Å². The van der Waals surface area contributed by atoms with Gasteiger partial charge in [0.25, 0.3) is 0 Å². The zero-order chi connectivity index (χ0) is 15.6. The molecule has 0 aromatic carbocycles. The lowest BCUT2D eigenvalue weighted by molar-refractivity contribution is 0.349. The molecule has 0 aromatic heterocycles. The quantitative estimate of drug-likeness (QED) is 0.856. The lowest BCUT2D eigenvalue weighted by atomic mass is 10.1. The number of ether oxygens (including phenoxy) is 2. The van der Waals surface area contributed by atoms with E-state index in [1.165, 1.54) is 14.2 Å². The van der Waals surface area contributed by atoms with Crippen molar-refractivity contribution in [3.8, 4) is 23.0 Å². The van der Waals surface area contributed by atoms with Gasteiger partial charge in [0.05, 0.1) is 14.2 Å². The van der Waals surface area contributed by atoms with Gasteiger partial charge in [-0.05, 0) is 26.3 Å². The molecule has 5 heteroatoms. The maximum atomic E-state index is 12.3. The number of aromatic nitrogens is 1. The molecule has 0 atom stereocenters. The standard InChI is InChI=1S/C16H19NO4/c1-6-8-11-10(7-2)17-12-14(21-11)9(3)13(18)16(20-5)15(12)19-4/h7-8H,6H2,1-5H3/b10-7+,11-8+. The second kappa shape index (κ2) is 5.99. The molecule has 0 aromatic rings. The first-order chi connectivity index (χ1) is 10.1. The van der Waals surface area contributed by atoms with Crippen molar-refractivity contribution in [1.82, 2.24) is 4.98 Å². The highest BCUT2D eigenvalue weighted by Crippen LogP contribution is 2.35. The van der Waals surface area contributed by atoms with E-state index in [4.69, 9.17) is 13.9 Å². The molecular formula is C16H19NO4. The Bertz CT molecular complexity index is 805. The molecule has 0 spiro atoms. The van der Waals surface area contributed by atoms with E-state index in [1.807, 2.05) is 26.0 Å². The van der Waals surface area contributed by atoms with Crippen molar-refractivity contribution in [2.75, 3.05) is 14.2 Å². The Balaban J connectivity index is 3.07. The molecule has 21 heavy (non-hydrogen) atoms. The molecule has 2 aliphatic rings. The number of hydrogen-bond acceptors (Lipinski definition) is 5. The Morgan fingerprint density at radius 1 is 1.24 bits per heavy atom. The summed E-state index contributed by atoms with van der Waals surface area (Å²) >= 11 is 0. The fourth-order valence-corrected chi connectivity index (χ4v) is 2.24. The molecule has 1 aliphatic heterocycles. The van der Waals surface area contributed by atoms with Gasteiger partial charge in [-0.3, -0.25) is 4.79 Å². The fraction of sp³-hybridized carbons (Fsp3) is 0.375. The summed E-state index contributed by atoms with van der Waals surface area (Å²) in [6, 6.07) is 0. The zero-order valence-corrected chi connectivity index (χ0v) is 12.9. The molecular weight excluding hydrogens is 270 g/mol. The molecule has 5 nitrogen and oxygen atoms in total. The third kappa shape index (κ3) is 2.39. The van der Waals surface area contributed by atoms with Gasteiger partial charge >= 0.3 is 0 Å². The van der Waals surface area contributed by atoms with Crippen molar-refractivity contribution >= 4 is 12.2 Å². The summed E-state index contributed by atoms with van der Waals surface area (Å²) in [5.74, 6) is 0.889. The average Bonchev–Trinajstić information content (AvgIpc) is 2.50. The van der Waals surface area contributed by atoms with Crippen LogP contribution in [0, 0.1) is 6.92 Å². The number of fused-ring (bicyclic) bond motifs is 1. The van der Waals surface area contributed by atoms with Gasteiger partial charge in [-0.2, -0.15) is 0 Å². The van der Waals surface area contributed by atoms with Gasteiger partial charge in [0, 0.05) is 5.56 Å². The Labute approximate surface area is 122 Å². The SMILES string of the molecule is C/C=c1/nc2c(OC)c(OC)c(=O)c(C)c-2o/c1=C/CC. The van der Waals surface area contributed by atoms with E-state index in [9.17, 15) is 4.79 Å². The van der Waals surface area contributed by atoms with Crippen molar-refractivity contribution in [1.29, 1.82) is 0 Å². The summed E-state index contributed by atoms with van der Waals surface area (Å²) in [4.78, 5) is 16.9. The minimum absolute atomic E-state index is 0.152. The summed E-state index contributed by atoms with van der Waals surface area (Å²) in [7, 11) is 2.92. The Morgan fingerprint density at radius 3 is 2.43 bits per heavy atom. The minimum atomic E-state index is -0.247. The molecule has 0 saturated heterocycles. The highest BCUT2D eigenvalue weighted by Gasteiger charge is 2.25. The number of nitrogens with zero attached hydrogens (tertiary/aromatic N) is 1. The Kier molecular flexibility index (Phi) is 4.31. The molecule has 0 unspecified atom stereocenters. The molecule has 2 rings (SSSR count). The van der Waals surface area contributed by atoms with Crippen LogP contribution >= 0.6 is 0 Å². The molecule has 0 N–H and O–H groups in total. The van der Waals surface area contributed by atoms with Crippen molar-refractivity contribution in [2.45, 2.75) is 27.2 Å². The first kappa shape index (κ1) is 15.1. The predicted molar refractivity (Wildman–Crippen MR) is 81.4 cm³/mol. The Morgan fingerprint density at radius 2 is 1.90 bits per heavy atom. The van der Waals surface area contributed by atoms with Gasteiger partial charge in [-0.1, -0.05) is 13.0 Å². The van der Waals surface area contributed by atoms with Crippen molar-refractivity contribution in [2.24, 2.45) is 0 Å². The van der Waals surface area contributed by atoms with Crippen molar-refractivity contribution in [3.05, 3.63) is 26.6 Å². The first-order valence-electron chi connectivity index (χ1n) is 6.80. The lowest BCUT2D eigenvalue weighted by Gasteiger charge is -2.14. The van der Waals surface area contributed by atoms with E-state index >= 15 is 0 Å². The van der Waals surface area contributed by atoms with Crippen LogP contribution in [0.1, 0.15) is 25.8 Å². The van der Waals surface area contributed by atoms with E-state index in [0.717, 1.165) is 6.42 Å². The molecule has 0 radical (unpaired) electrons. The monoisotopic (exact) mass is 289 g/mol. The van der Waals surface area contributed by atoms with E-state index in [0.29, 0.717) is 33.5 Å². The summed E-state index contributed by atoms with van der Waals surface area (Å²) in [5.41, 5.74) is 1.36. The first-order valence-corrected chi connectivity index (χ1v) is 6.80. The predicted octanol–water partition coefficient (Wildman–Crippen LogP) is 1.46. The van der Waals surface area contributed by atoms with Gasteiger partial charge in [-0.25, -0.2) is 4.98 Å². The third-order valence-electron chi connectivity index (χ3n) is 3.29. The molecule has 0 bridgehead atoms. The van der Waals surface area contributed by atoms with Crippen LogP contribution in [0.5, 0.6) is 11.5 Å². The smallest absolute Gasteiger partial charge is 0.231 e. The molecule has 1 heterocycles. The van der Waals surface area contributed by atoms with Gasteiger partial charge in [0.2, 0.25) is 11.2 Å². The summed E-state index contributed by atoms with van der Waals surface area (Å²) in [6.45, 7) is 5.59. The number of rotatable bonds is 3. The van der Waals surface area contributed by atoms with Crippen LogP contribution in [0.25, 0.3) is 23.6 Å². The number of methoxy groups -OCH3 is 2. The summed E-state index contributed by atoms with van der Waals surface area (Å²) in [5, 5.41) is 0.711. The van der Waals surface area contributed by atoms with Crippen LogP contribution in [0.4, 0.5) is 0 Å². The van der Waals surface area contributed by atoms with E-state index in [1.54, 1.807) is 6.92 Å². The van der Waals surface area contributed by atoms with Crippen LogP contribution in [0.3, 0.4) is 0 Å². The summed E-state index contributed by atoms with van der Waals surface area (Å²) < 4.78 is 16.4. The second-order valence-corrected chi connectivity index (χ2v) is 4.56. The summed E-state index contributed by atoms with van der Waals surface area (Å²) in [6.07, 6.45) is 4.60. The van der Waals surface area contributed by atoms with Gasteiger partial charge in [-0.15, -0.1) is 0 Å². The highest BCUT2D eigenvalue weighted by atomic mass is 16.5.